The summed E-state index contributed by atoms with van der Waals surface area (Å²) >= 11 is 0. The number of hydrogen-bond acceptors (Lipinski definition) is 1. The van der Waals surface area contributed by atoms with Crippen LogP contribution in [0.5, 0.6) is 0 Å². The lowest BCUT2D eigenvalue weighted by Gasteiger charge is -2.04. The zero-order valence-corrected chi connectivity index (χ0v) is 12.0. The van der Waals surface area contributed by atoms with Crippen molar-refractivity contribution < 1.29 is 0 Å². The molecule has 21 heavy (non-hydrogen) atoms. The van der Waals surface area contributed by atoms with Crippen LogP contribution in [0, 0.1) is 0 Å². The van der Waals surface area contributed by atoms with Crippen molar-refractivity contribution in [2.24, 2.45) is 0 Å². The van der Waals surface area contributed by atoms with Crippen molar-refractivity contribution in [2.45, 2.75) is 13.5 Å². The lowest BCUT2D eigenvalue weighted by Crippen LogP contribution is -1.92. The van der Waals surface area contributed by atoms with E-state index < -0.39 is 0 Å². The maximum absolute atomic E-state index is 4.10. The molecule has 0 unspecified atom stereocenters. The predicted molar refractivity (Wildman–Crippen MR) is 88.3 cm³/mol. The number of hydrogen-bond donors (Lipinski definition) is 0. The molecule has 0 radical (unpaired) electrons. The molecule has 0 fully saturated rings. The molecule has 2 heteroatoms. The number of rotatable bonds is 2. The molecule has 2 aromatic carbocycles. The molecule has 0 aliphatic heterocycles. The molecule has 0 N–H and O–H groups in total. The van der Waals surface area contributed by atoms with Crippen LogP contribution < -0.4 is 0 Å². The summed E-state index contributed by atoms with van der Waals surface area (Å²) in [6.07, 6.45) is 3.68. The summed E-state index contributed by atoms with van der Waals surface area (Å²) in [4.78, 5) is 4.10. The first kappa shape index (κ1) is 12.2. The van der Waals surface area contributed by atoms with Gasteiger partial charge >= 0.3 is 0 Å². The summed E-state index contributed by atoms with van der Waals surface area (Å²) in [5, 5.41) is 2.65. The van der Waals surface area contributed by atoms with E-state index in [1.54, 1.807) is 0 Å². The van der Waals surface area contributed by atoms with Crippen molar-refractivity contribution in [2.75, 3.05) is 0 Å². The van der Waals surface area contributed by atoms with E-state index in [2.05, 4.69) is 71.1 Å². The molecule has 0 amide bonds. The van der Waals surface area contributed by atoms with Crippen LogP contribution in [0.15, 0.2) is 67.0 Å². The molecule has 2 heterocycles. The smallest absolute Gasteiger partial charge is 0.0491 e. The Morgan fingerprint density at radius 1 is 0.810 bits per heavy atom. The highest BCUT2D eigenvalue weighted by Gasteiger charge is 2.09. The monoisotopic (exact) mass is 272 g/mol. The number of nitrogens with zero attached hydrogens (tertiary/aromatic N) is 2. The molecule has 0 saturated carbocycles. The van der Waals surface area contributed by atoms with Gasteiger partial charge in [-0.2, -0.15) is 0 Å². The number of fused-ring (bicyclic) bond motifs is 3. The van der Waals surface area contributed by atoms with Crippen LogP contribution in [0.1, 0.15) is 6.92 Å². The quantitative estimate of drug-likeness (QED) is 0.508. The molecule has 4 aromatic rings. The van der Waals surface area contributed by atoms with Gasteiger partial charge in [-0.05, 0) is 48.4 Å². The fourth-order valence-corrected chi connectivity index (χ4v) is 3.12. The van der Waals surface area contributed by atoms with E-state index >= 15 is 0 Å². The Morgan fingerprint density at radius 2 is 1.57 bits per heavy atom. The van der Waals surface area contributed by atoms with Crippen LogP contribution in [-0.4, -0.2) is 9.55 Å². The van der Waals surface area contributed by atoms with Gasteiger partial charge in [0.2, 0.25) is 0 Å². The molecule has 0 aliphatic rings. The zero-order chi connectivity index (χ0) is 14.2. The minimum absolute atomic E-state index is 0.985. The average Bonchev–Trinajstić information content (AvgIpc) is 2.88. The normalized spacial score (nSPS) is 11.3. The summed E-state index contributed by atoms with van der Waals surface area (Å²) in [6.45, 7) is 3.18. The van der Waals surface area contributed by atoms with E-state index in [4.69, 9.17) is 0 Å². The molecule has 2 nitrogen and oxygen atoms in total. The van der Waals surface area contributed by atoms with E-state index in [0.717, 1.165) is 6.54 Å². The summed E-state index contributed by atoms with van der Waals surface area (Å²) in [7, 11) is 0. The molecular weight excluding hydrogens is 256 g/mol. The van der Waals surface area contributed by atoms with Crippen molar-refractivity contribution in [3.63, 3.8) is 0 Å². The van der Waals surface area contributed by atoms with Gasteiger partial charge < -0.3 is 4.57 Å². The van der Waals surface area contributed by atoms with Gasteiger partial charge in [0.15, 0.2) is 0 Å². The maximum atomic E-state index is 4.10. The van der Waals surface area contributed by atoms with Crippen molar-refractivity contribution in [3.8, 4) is 11.1 Å². The molecule has 4 rings (SSSR count). The Hall–Kier alpha value is -2.61. The van der Waals surface area contributed by atoms with Gasteiger partial charge in [-0.3, -0.25) is 4.98 Å². The van der Waals surface area contributed by atoms with Gasteiger partial charge in [0, 0.05) is 40.7 Å². The fraction of sp³-hybridized carbons (Fsp3) is 0.105. The molecular formula is C19H16N2. The van der Waals surface area contributed by atoms with E-state index in [9.17, 15) is 0 Å². The third-order valence-electron chi connectivity index (χ3n) is 4.10. The van der Waals surface area contributed by atoms with Crippen LogP contribution in [0.4, 0.5) is 0 Å². The molecule has 2 aromatic heterocycles. The molecule has 0 saturated heterocycles. The largest absolute Gasteiger partial charge is 0.341 e. The summed E-state index contributed by atoms with van der Waals surface area (Å²) in [5.74, 6) is 0. The minimum Gasteiger partial charge on any atom is -0.341 e. The van der Waals surface area contributed by atoms with Crippen LogP contribution in [0.3, 0.4) is 0 Å². The molecule has 0 atom stereocenters. The van der Waals surface area contributed by atoms with Crippen molar-refractivity contribution in [1.29, 1.82) is 0 Å². The van der Waals surface area contributed by atoms with Crippen molar-refractivity contribution >= 4 is 21.8 Å². The minimum atomic E-state index is 0.985. The standard InChI is InChI=1S/C19H16N2/c1-2-21-18-6-4-3-5-16(18)17-13-15(7-8-19(17)21)14-9-11-20-12-10-14/h3-13H,2H2,1H3. The Kier molecular flexibility index (Phi) is 2.74. The van der Waals surface area contributed by atoms with Crippen molar-refractivity contribution in [1.82, 2.24) is 9.55 Å². The summed E-state index contributed by atoms with van der Waals surface area (Å²) < 4.78 is 2.38. The predicted octanol–water partition coefficient (Wildman–Crippen LogP) is 4.88. The van der Waals surface area contributed by atoms with Crippen molar-refractivity contribution in [3.05, 3.63) is 67.0 Å². The second kappa shape index (κ2) is 4.74. The third kappa shape index (κ3) is 1.83. The van der Waals surface area contributed by atoms with E-state index in [1.165, 1.54) is 32.9 Å². The van der Waals surface area contributed by atoms with Gasteiger partial charge in [-0.25, -0.2) is 0 Å². The van der Waals surface area contributed by atoms with E-state index in [1.807, 2.05) is 12.4 Å². The number of aromatic nitrogens is 2. The molecule has 0 bridgehead atoms. The lowest BCUT2D eigenvalue weighted by molar-refractivity contribution is 0.827. The van der Waals surface area contributed by atoms with E-state index in [-0.39, 0.29) is 0 Å². The van der Waals surface area contributed by atoms with Crippen LogP contribution in [-0.2, 0) is 6.54 Å². The second-order valence-corrected chi connectivity index (χ2v) is 5.23. The highest BCUT2D eigenvalue weighted by atomic mass is 15.0. The lowest BCUT2D eigenvalue weighted by atomic mass is 10.0. The second-order valence-electron chi connectivity index (χ2n) is 5.23. The SMILES string of the molecule is CCn1c2ccccc2c2cc(-c3ccncc3)ccc21. The molecule has 102 valence electrons. The maximum Gasteiger partial charge on any atom is 0.0491 e. The Labute approximate surface area is 123 Å². The fourth-order valence-electron chi connectivity index (χ4n) is 3.12. The van der Waals surface area contributed by atoms with Gasteiger partial charge in [0.1, 0.15) is 0 Å². The van der Waals surface area contributed by atoms with Crippen LogP contribution in [0.2, 0.25) is 0 Å². The van der Waals surface area contributed by atoms with E-state index in [0.29, 0.717) is 0 Å². The number of benzene rings is 2. The highest BCUT2D eigenvalue weighted by Crippen LogP contribution is 2.32. The first-order valence-electron chi connectivity index (χ1n) is 7.30. The van der Waals surface area contributed by atoms with Gasteiger partial charge in [-0.15, -0.1) is 0 Å². The molecule has 0 aliphatic carbocycles. The third-order valence-corrected chi connectivity index (χ3v) is 4.10. The zero-order valence-electron chi connectivity index (χ0n) is 12.0. The molecule has 0 spiro atoms. The number of pyridine rings is 1. The first-order chi connectivity index (χ1) is 10.4. The van der Waals surface area contributed by atoms with Crippen LogP contribution >= 0.6 is 0 Å². The number of para-hydroxylation sites is 1. The van der Waals surface area contributed by atoms with Crippen LogP contribution in [0.25, 0.3) is 32.9 Å². The Bertz CT molecular complexity index is 920. The average molecular weight is 272 g/mol. The Morgan fingerprint density at radius 3 is 2.38 bits per heavy atom. The van der Waals surface area contributed by atoms with Gasteiger partial charge in [0.25, 0.3) is 0 Å². The topological polar surface area (TPSA) is 17.8 Å². The highest BCUT2D eigenvalue weighted by molar-refractivity contribution is 6.09. The number of aryl methyl sites for hydroxylation is 1. The Balaban J connectivity index is 2.06. The first-order valence-corrected chi connectivity index (χ1v) is 7.30. The van der Waals surface area contributed by atoms with Gasteiger partial charge in [0.05, 0.1) is 0 Å². The summed E-state index contributed by atoms with van der Waals surface area (Å²) in [5.41, 5.74) is 5.06. The van der Waals surface area contributed by atoms with Gasteiger partial charge in [-0.1, -0.05) is 24.3 Å². The summed E-state index contributed by atoms with van der Waals surface area (Å²) in [6, 6.07) is 19.5.